The van der Waals surface area contributed by atoms with Crippen LogP contribution in [0.15, 0.2) is 24.3 Å². The first kappa shape index (κ1) is 23.2. The molecule has 2 N–H and O–H groups in total. The van der Waals surface area contributed by atoms with Crippen molar-refractivity contribution in [1.29, 1.82) is 0 Å². The van der Waals surface area contributed by atoms with Crippen molar-refractivity contribution in [3.63, 3.8) is 0 Å². The summed E-state index contributed by atoms with van der Waals surface area (Å²) in [6.45, 7) is 11.3. The summed E-state index contributed by atoms with van der Waals surface area (Å²) in [6, 6.07) is 7.00. The number of hydrogen-bond donors (Lipinski definition) is 2. The number of benzene rings is 1. The maximum Gasteiger partial charge on any atom is 0.251 e. The van der Waals surface area contributed by atoms with E-state index in [9.17, 15) is 9.59 Å². The van der Waals surface area contributed by atoms with Gasteiger partial charge in [0, 0.05) is 25.2 Å². The second-order valence-electron chi connectivity index (χ2n) is 8.32. The number of unbranched alkanes of at least 4 members (excludes halogenated alkanes) is 1. The molecule has 0 aromatic heterocycles. The van der Waals surface area contributed by atoms with E-state index in [1.165, 1.54) is 6.42 Å². The van der Waals surface area contributed by atoms with Gasteiger partial charge < -0.3 is 20.3 Å². The average Bonchev–Trinajstić information content (AvgIpc) is 2.69. The lowest BCUT2D eigenvalue weighted by Gasteiger charge is -2.34. The van der Waals surface area contributed by atoms with Crippen molar-refractivity contribution >= 4 is 11.8 Å². The van der Waals surface area contributed by atoms with E-state index in [1.807, 2.05) is 0 Å². The van der Waals surface area contributed by atoms with Gasteiger partial charge in [0.2, 0.25) is 5.91 Å². The van der Waals surface area contributed by atoms with Gasteiger partial charge in [-0.1, -0.05) is 27.2 Å². The number of rotatable bonds is 11. The number of carbonyl (C=O) groups is 2. The number of ether oxygens (including phenoxy) is 1. The van der Waals surface area contributed by atoms with Crippen LogP contribution >= 0.6 is 0 Å². The Kier molecular flexibility index (Phi) is 9.98. The second kappa shape index (κ2) is 12.5. The van der Waals surface area contributed by atoms with Gasteiger partial charge in [0.05, 0.1) is 13.2 Å². The summed E-state index contributed by atoms with van der Waals surface area (Å²) in [4.78, 5) is 26.6. The average molecular weight is 404 g/mol. The number of hydrogen-bond acceptors (Lipinski definition) is 4. The molecule has 1 heterocycles. The molecule has 6 heteroatoms. The first-order valence-corrected chi connectivity index (χ1v) is 11.0. The lowest BCUT2D eigenvalue weighted by Crippen LogP contribution is -2.41. The summed E-state index contributed by atoms with van der Waals surface area (Å²) in [5.74, 6) is 1.85. The fourth-order valence-electron chi connectivity index (χ4n) is 3.87. The molecule has 0 spiro atoms. The summed E-state index contributed by atoms with van der Waals surface area (Å²) in [5.41, 5.74) is 0.522. The number of likely N-dealkylation sites (tertiary alicyclic amines) is 1. The summed E-state index contributed by atoms with van der Waals surface area (Å²) in [7, 11) is 0. The molecule has 0 saturated carbocycles. The molecule has 1 saturated heterocycles. The summed E-state index contributed by atoms with van der Waals surface area (Å²) in [5, 5.41) is 5.56. The van der Waals surface area contributed by atoms with Crippen LogP contribution < -0.4 is 15.4 Å². The smallest absolute Gasteiger partial charge is 0.251 e. The van der Waals surface area contributed by atoms with Gasteiger partial charge >= 0.3 is 0 Å². The van der Waals surface area contributed by atoms with Gasteiger partial charge in [0.15, 0.2) is 0 Å². The van der Waals surface area contributed by atoms with Crippen LogP contribution in [0.3, 0.4) is 0 Å². The number of nitrogens with zero attached hydrogens (tertiary/aromatic N) is 1. The van der Waals surface area contributed by atoms with Crippen molar-refractivity contribution in [2.45, 2.75) is 46.5 Å². The SMILES string of the molecule is CCCCOc1ccc(C(=O)NCC(=O)NCCCN2CC(C)CC(C)C2)cc1. The van der Waals surface area contributed by atoms with Crippen LogP contribution in [0.4, 0.5) is 0 Å². The number of piperidine rings is 1. The van der Waals surface area contributed by atoms with Crippen LogP contribution in [0.2, 0.25) is 0 Å². The maximum atomic E-state index is 12.2. The van der Waals surface area contributed by atoms with Crippen molar-refractivity contribution in [3.8, 4) is 5.75 Å². The molecule has 1 aliphatic heterocycles. The predicted octanol–water partition coefficient (Wildman–Crippen LogP) is 3.08. The molecule has 1 aromatic rings. The monoisotopic (exact) mass is 403 g/mol. The normalized spacial score (nSPS) is 19.6. The minimum atomic E-state index is -0.253. The van der Waals surface area contributed by atoms with Crippen molar-refractivity contribution in [2.75, 3.05) is 39.3 Å². The Morgan fingerprint density at radius 3 is 2.41 bits per heavy atom. The molecule has 29 heavy (non-hydrogen) atoms. The van der Waals surface area contributed by atoms with Crippen LogP contribution in [0.1, 0.15) is 56.8 Å². The quantitative estimate of drug-likeness (QED) is 0.557. The molecule has 0 radical (unpaired) electrons. The van der Waals surface area contributed by atoms with Crippen LogP contribution in [-0.4, -0.2) is 56.0 Å². The molecular weight excluding hydrogens is 366 g/mol. The van der Waals surface area contributed by atoms with Gasteiger partial charge in [0.25, 0.3) is 5.91 Å². The highest BCUT2D eigenvalue weighted by atomic mass is 16.5. The lowest BCUT2D eigenvalue weighted by atomic mass is 9.92. The fraction of sp³-hybridized carbons (Fsp3) is 0.652. The van der Waals surface area contributed by atoms with Crippen molar-refractivity contribution in [1.82, 2.24) is 15.5 Å². The molecule has 1 aromatic carbocycles. The van der Waals surface area contributed by atoms with E-state index in [-0.39, 0.29) is 18.4 Å². The Labute approximate surface area is 175 Å². The fourth-order valence-corrected chi connectivity index (χ4v) is 3.87. The minimum Gasteiger partial charge on any atom is -0.494 e. The van der Waals surface area contributed by atoms with Gasteiger partial charge in [-0.3, -0.25) is 9.59 Å². The van der Waals surface area contributed by atoms with Crippen LogP contribution in [0, 0.1) is 11.8 Å². The Morgan fingerprint density at radius 2 is 1.76 bits per heavy atom. The summed E-state index contributed by atoms with van der Waals surface area (Å²) < 4.78 is 5.59. The molecular formula is C23H37N3O3. The minimum absolute atomic E-state index is 0.00856. The molecule has 0 bridgehead atoms. The van der Waals surface area contributed by atoms with Crippen molar-refractivity contribution in [2.24, 2.45) is 11.8 Å². The van der Waals surface area contributed by atoms with Gasteiger partial charge in [-0.2, -0.15) is 0 Å². The Bertz CT molecular complexity index is 623. The number of carbonyl (C=O) groups excluding carboxylic acids is 2. The van der Waals surface area contributed by atoms with Crippen molar-refractivity contribution in [3.05, 3.63) is 29.8 Å². The van der Waals surface area contributed by atoms with Gasteiger partial charge in [-0.25, -0.2) is 0 Å². The third kappa shape index (κ3) is 8.86. The van der Waals surface area contributed by atoms with E-state index in [0.29, 0.717) is 18.7 Å². The second-order valence-corrected chi connectivity index (χ2v) is 8.32. The Balaban J connectivity index is 1.60. The zero-order valence-corrected chi connectivity index (χ0v) is 18.2. The van der Waals surface area contributed by atoms with Gasteiger partial charge in [-0.15, -0.1) is 0 Å². The van der Waals surface area contributed by atoms with Crippen molar-refractivity contribution < 1.29 is 14.3 Å². The molecule has 1 fully saturated rings. The van der Waals surface area contributed by atoms with E-state index in [2.05, 4.69) is 36.3 Å². The highest BCUT2D eigenvalue weighted by molar-refractivity contribution is 5.96. The van der Waals surface area contributed by atoms with E-state index >= 15 is 0 Å². The zero-order valence-electron chi connectivity index (χ0n) is 18.2. The molecule has 0 aliphatic carbocycles. The maximum absolute atomic E-state index is 12.2. The Morgan fingerprint density at radius 1 is 1.07 bits per heavy atom. The lowest BCUT2D eigenvalue weighted by molar-refractivity contribution is -0.120. The largest absolute Gasteiger partial charge is 0.494 e. The molecule has 2 rings (SSSR count). The van der Waals surface area contributed by atoms with Gasteiger partial charge in [0.1, 0.15) is 5.75 Å². The topological polar surface area (TPSA) is 70.7 Å². The Hall–Kier alpha value is -2.08. The van der Waals surface area contributed by atoms with E-state index in [4.69, 9.17) is 4.74 Å². The molecule has 2 unspecified atom stereocenters. The predicted molar refractivity (Wildman–Crippen MR) is 116 cm³/mol. The highest BCUT2D eigenvalue weighted by Crippen LogP contribution is 2.20. The molecule has 1 aliphatic rings. The summed E-state index contributed by atoms with van der Waals surface area (Å²) >= 11 is 0. The van der Waals surface area contributed by atoms with Gasteiger partial charge in [-0.05, 0) is 61.9 Å². The first-order valence-electron chi connectivity index (χ1n) is 11.0. The molecule has 2 amide bonds. The molecule has 6 nitrogen and oxygen atoms in total. The van der Waals surface area contributed by atoms with Crippen LogP contribution in [0.5, 0.6) is 5.75 Å². The van der Waals surface area contributed by atoms with Crippen LogP contribution in [0.25, 0.3) is 0 Å². The standard InChI is InChI=1S/C23H37N3O3/c1-4-5-13-29-21-9-7-20(8-10-21)23(28)25-15-22(27)24-11-6-12-26-16-18(2)14-19(3)17-26/h7-10,18-19H,4-6,11-17H2,1-3H3,(H,24,27)(H,25,28). The van der Waals surface area contributed by atoms with E-state index < -0.39 is 0 Å². The van der Waals surface area contributed by atoms with E-state index in [0.717, 1.165) is 56.5 Å². The number of amides is 2. The molecule has 2 atom stereocenters. The third-order valence-electron chi connectivity index (χ3n) is 5.21. The number of nitrogens with one attached hydrogen (secondary N) is 2. The zero-order chi connectivity index (χ0) is 21.1. The molecule has 162 valence electrons. The third-order valence-corrected chi connectivity index (χ3v) is 5.21. The first-order chi connectivity index (χ1) is 14.0. The summed E-state index contributed by atoms with van der Waals surface area (Å²) in [6.07, 6.45) is 4.33. The van der Waals surface area contributed by atoms with E-state index in [1.54, 1.807) is 24.3 Å². The highest BCUT2D eigenvalue weighted by Gasteiger charge is 2.21. The van der Waals surface area contributed by atoms with Crippen LogP contribution in [-0.2, 0) is 4.79 Å².